The number of benzene rings is 3. The van der Waals surface area contributed by atoms with E-state index in [2.05, 4.69) is 32.3 Å². The van der Waals surface area contributed by atoms with Crippen LogP contribution in [0.15, 0.2) is 81.2 Å². The van der Waals surface area contributed by atoms with Crippen LogP contribution in [0.5, 0.6) is 0 Å². The smallest absolute Gasteiger partial charge is 0.266 e. The van der Waals surface area contributed by atoms with Crippen molar-refractivity contribution in [3.05, 3.63) is 92.7 Å². The first-order valence-corrected chi connectivity index (χ1v) is 11.5. The number of carbonyl (C=O) groups excluding carboxylic acids is 1. The lowest BCUT2D eigenvalue weighted by Crippen LogP contribution is -2.23. The standard InChI is InChI=1S/C24H20BrN3O2S/c1-15-11-16(2)13-18(12-15)26-22(29)14-31-24-27-21-6-4-3-5-20(21)23(30)28(24)19-9-7-17(25)8-10-19/h3-13H,14H2,1-2H3,(H,26,29). The largest absolute Gasteiger partial charge is 0.325 e. The van der Waals surface area contributed by atoms with Crippen LogP contribution >= 0.6 is 27.7 Å². The summed E-state index contributed by atoms with van der Waals surface area (Å²) in [5, 5.41) is 3.94. The lowest BCUT2D eigenvalue weighted by molar-refractivity contribution is -0.113. The number of thioether (sulfide) groups is 1. The first-order valence-electron chi connectivity index (χ1n) is 9.69. The Hall–Kier alpha value is -2.90. The fraction of sp³-hybridized carbons (Fsp3) is 0.125. The number of carbonyl (C=O) groups is 1. The molecule has 0 fully saturated rings. The maximum Gasteiger partial charge on any atom is 0.266 e. The molecule has 0 atom stereocenters. The van der Waals surface area contributed by atoms with E-state index < -0.39 is 0 Å². The Kier molecular flexibility index (Phi) is 6.25. The number of anilines is 1. The summed E-state index contributed by atoms with van der Waals surface area (Å²) < 4.78 is 2.48. The molecule has 0 aliphatic heterocycles. The summed E-state index contributed by atoms with van der Waals surface area (Å²) in [7, 11) is 0. The first-order chi connectivity index (χ1) is 14.9. The van der Waals surface area contributed by atoms with Crippen molar-refractivity contribution >= 4 is 50.2 Å². The fourth-order valence-corrected chi connectivity index (χ4v) is 4.48. The third-order valence-corrected chi connectivity index (χ3v) is 6.13. The minimum Gasteiger partial charge on any atom is -0.325 e. The lowest BCUT2D eigenvalue weighted by Gasteiger charge is -2.13. The average Bonchev–Trinajstić information content (AvgIpc) is 2.72. The van der Waals surface area contributed by atoms with Crippen molar-refractivity contribution in [2.24, 2.45) is 0 Å². The van der Waals surface area contributed by atoms with Gasteiger partial charge >= 0.3 is 0 Å². The van der Waals surface area contributed by atoms with E-state index >= 15 is 0 Å². The monoisotopic (exact) mass is 493 g/mol. The summed E-state index contributed by atoms with van der Waals surface area (Å²) in [6.07, 6.45) is 0. The van der Waals surface area contributed by atoms with Crippen LogP contribution in [-0.4, -0.2) is 21.2 Å². The van der Waals surface area contributed by atoms with Gasteiger partial charge in [-0.1, -0.05) is 45.9 Å². The summed E-state index contributed by atoms with van der Waals surface area (Å²) in [6.45, 7) is 3.99. The van der Waals surface area contributed by atoms with Crippen LogP contribution < -0.4 is 10.9 Å². The zero-order valence-electron chi connectivity index (χ0n) is 17.1. The van der Waals surface area contributed by atoms with Gasteiger partial charge in [0.15, 0.2) is 5.16 Å². The van der Waals surface area contributed by atoms with Crippen LogP contribution in [0.1, 0.15) is 11.1 Å². The van der Waals surface area contributed by atoms with Crippen molar-refractivity contribution < 1.29 is 4.79 Å². The topological polar surface area (TPSA) is 64.0 Å². The molecule has 4 aromatic rings. The Labute approximate surface area is 192 Å². The SMILES string of the molecule is Cc1cc(C)cc(NC(=O)CSc2nc3ccccc3c(=O)n2-c2ccc(Br)cc2)c1. The van der Waals surface area contributed by atoms with Crippen LogP contribution in [0.3, 0.4) is 0 Å². The van der Waals surface area contributed by atoms with Crippen LogP contribution in [0.2, 0.25) is 0 Å². The number of amides is 1. The van der Waals surface area contributed by atoms with Gasteiger partial charge in [-0.3, -0.25) is 14.2 Å². The van der Waals surface area contributed by atoms with Gasteiger partial charge in [-0.15, -0.1) is 0 Å². The predicted molar refractivity (Wildman–Crippen MR) is 130 cm³/mol. The summed E-state index contributed by atoms with van der Waals surface area (Å²) in [5.74, 6) is -0.0198. The summed E-state index contributed by atoms with van der Waals surface area (Å²) in [5.41, 5.74) is 4.08. The molecule has 0 bridgehead atoms. The van der Waals surface area contributed by atoms with E-state index in [0.717, 1.165) is 21.3 Å². The van der Waals surface area contributed by atoms with Crippen molar-refractivity contribution in [1.82, 2.24) is 9.55 Å². The molecule has 0 aliphatic rings. The Morgan fingerprint density at radius 3 is 2.42 bits per heavy atom. The molecule has 7 heteroatoms. The molecule has 5 nitrogen and oxygen atoms in total. The van der Waals surface area contributed by atoms with Gasteiger partial charge in [-0.05, 0) is 73.5 Å². The Morgan fingerprint density at radius 1 is 1.03 bits per heavy atom. The number of aryl methyl sites for hydroxylation is 2. The number of rotatable bonds is 5. The number of para-hydroxylation sites is 1. The second kappa shape index (κ2) is 9.08. The Bertz CT molecular complexity index is 1310. The predicted octanol–water partition coefficient (Wildman–Crippen LogP) is 5.50. The van der Waals surface area contributed by atoms with Gasteiger partial charge < -0.3 is 5.32 Å². The first kappa shape index (κ1) is 21.3. The van der Waals surface area contributed by atoms with Crippen molar-refractivity contribution in [3.63, 3.8) is 0 Å². The summed E-state index contributed by atoms with van der Waals surface area (Å²) in [4.78, 5) is 30.5. The minimum atomic E-state index is -0.162. The molecule has 0 radical (unpaired) electrons. The van der Waals surface area contributed by atoms with E-state index in [0.29, 0.717) is 21.7 Å². The van der Waals surface area contributed by atoms with Gasteiger partial charge in [0.25, 0.3) is 5.56 Å². The number of halogens is 1. The normalized spacial score (nSPS) is 10.9. The molecule has 0 unspecified atom stereocenters. The maximum atomic E-state index is 13.2. The van der Waals surface area contributed by atoms with Crippen molar-refractivity contribution in [2.45, 2.75) is 19.0 Å². The second-order valence-electron chi connectivity index (χ2n) is 7.24. The molecule has 0 spiro atoms. The van der Waals surface area contributed by atoms with Crippen LogP contribution in [0.25, 0.3) is 16.6 Å². The highest BCUT2D eigenvalue weighted by Crippen LogP contribution is 2.23. The molecule has 0 aliphatic carbocycles. The number of nitrogens with one attached hydrogen (secondary N) is 1. The van der Waals surface area contributed by atoms with E-state index in [4.69, 9.17) is 0 Å². The molecule has 31 heavy (non-hydrogen) atoms. The molecule has 3 aromatic carbocycles. The number of fused-ring (bicyclic) bond motifs is 1. The summed E-state index contributed by atoms with van der Waals surface area (Å²) >= 11 is 4.66. The average molecular weight is 494 g/mol. The minimum absolute atomic E-state index is 0.133. The third kappa shape index (κ3) is 4.89. The summed E-state index contributed by atoms with van der Waals surface area (Å²) in [6, 6.07) is 20.6. The third-order valence-electron chi connectivity index (χ3n) is 4.67. The number of aromatic nitrogens is 2. The number of hydrogen-bond donors (Lipinski definition) is 1. The molecule has 1 amide bonds. The molecule has 156 valence electrons. The number of nitrogens with zero attached hydrogens (tertiary/aromatic N) is 2. The molecule has 1 aromatic heterocycles. The van der Waals surface area contributed by atoms with Gasteiger partial charge in [-0.25, -0.2) is 4.98 Å². The van der Waals surface area contributed by atoms with Gasteiger partial charge in [0.2, 0.25) is 5.91 Å². The quantitative estimate of drug-likeness (QED) is 0.294. The lowest BCUT2D eigenvalue weighted by atomic mass is 10.1. The number of hydrogen-bond acceptors (Lipinski definition) is 4. The zero-order chi connectivity index (χ0) is 22.0. The van der Waals surface area contributed by atoms with Crippen LogP contribution in [0, 0.1) is 13.8 Å². The fourth-order valence-electron chi connectivity index (χ4n) is 3.40. The maximum absolute atomic E-state index is 13.2. The Morgan fingerprint density at radius 2 is 1.71 bits per heavy atom. The van der Waals surface area contributed by atoms with E-state index in [-0.39, 0.29) is 17.2 Å². The highest BCUT2D eigenvalue weighted by Gasteiger charge is 2.15. The molecule has 4 rings (SSSR count). The molecular weight excluding hydrogens is 474 g/mol. The van der Waals surface area contributed by atoms with Crippen molar-refractivity contribution in [2.75, 3.05) is 11.1 Å². The van der Waals surface area contributed by atoms with E-state index in [1.54, 1.807) is 10.6 Å². The highest BCUT2D eigenvalue weighted by molar-refractivity contribution is 9.10. The van der Waals surface area contributed by atoms with Crippen LogP contribution in [0.4, 0.5) is 5.69 Å². The molecule has 0 saturated heterocycles. The van der Waals surface area contributed by atoms with E-state index in [1.165, 1.54) is 11.8 Å². The molecular formula is C24H20BrN3O2S. The second-order valence-corrected chi connectivity index (χ2v) is 9.10. The van der Waals surface area contributed by atoms with Gasteiger partial charge in [0, 0.05) is 10.2 Å². The highest BCUT2D eigenvalue weighted by atomic mass is 79.9. The van der Waals surface area contributed by atoms with Crippen molar-refractivity contribution in [3.8, 4) is 5.69 Å². The van der Waals surface area contributed by atoms with Crippen LogP contribution in [-0.2, 0) is 4.79 Å². The zero-order valence-corrected chi connectivity index (χ0v) is 19.5. The molecule has 1 heterocycles. The van der Waals surface area contributed by atoms with E-state index in [1.807, 2.05) is 68.4 Å². The van der Waals surface area contributed by atoms with Gasteiger partial charge in [0.1, 0.15) is 0 Å². The van der Waals surface area contributed by atoms with E-state index in [9.17, 15) is 9.59 Å². The van der Waals surface area contributed by atoms with Gasteiger partial charge in [-0.2, -0.15) is 0 Å². The molecule has 0 saturated carbocycles. The molecule has 1 N–H and O–H groups in total. The van der Waals surface area contributed by atoms with Gasteiger partial charge in [0.05, 0.1) is 22.3 Å². The Balaban J connectivity index is 1.66. The van der Waals surface area contributed by atoms with Crippen molar-refractivity contribution in [1.29, 1.82) is 0 Å².